The van der Waals surface area contributed by atoms with Gasteiger partial charge in [0.05, 0.1) is 6.54 Å². The molecule has 3 nitrogen and oxygen atoms in total. The van der Waals surface area contributed by atoms with Gasteiger partial charge < -0.3 is 14.9 Å². The van der Waals surface area contributed by atoms with Crippen molar-refractivity contribution in [3.05, 3.63) is 53.2 Å². The van der Waals surface area contributed by atoms with Crippen LogP contribution in [0, 0.1) is 12.7 Å². The fraction of sp³-hybridized carbons (Fsp3) is 0.231. The maximum absolute atomic E-state index is 12.9. The van der Waals surface area contributed by atoms with Crippen LogP contribution in [0.1, 0.15) is 17.1 Å². The number of nitrogens with two attached hydrogens (primary N) is 1. The Bertz CT molecular complexity index is 508. The fourth-order valence-electron chi connectivity index (χ4n) is 1.58. The van der Waals surface area contributed by atoms with Gasteiger partial charge in [0.15, 0.2) is 0 Å². The summed E-state index contributed by atoms with van der Waals surface area (Å²) in [6.45, 7) is 2.56. The highest BCUT2D eigenvalue weighted by atomic mass is 19.1. The van der Waals surface area contributed by atoms with Crippen LogP contribution in [-0.2, 0) is 13.2 Å². The first-order valence-corrected chi connectivity index (χ1v) is 5.35. The van der Waals surface area contributed by atoms with E-state index >= 15 is 0 Å². The second-order valence-corrected chi connectivity index (χ2v) is 3.77. The molecule has 0 aliphatic rings. The molecule has 2 N–H and O–H groups in total. The van der Waals surface area contributed by atoms with Gasteiger partial charge in [-0.1, -0.05) is 6.07 Å². The van der Waals surface area contributed by atoms with E-state index in [4.69, 9.17) is 14.9 Å². The van der Waals surface area contributed by atoms with Crippen LogP contribution >= 0.6 is 0 Å². The van der Waals surface area contributed by atoms with Gasteiger partial charge in [0.1, 0.15) is 29.7 Å². The highest BCUT2D eigenvalue weighted by Crippen LogP contribution is 2.17. The lowest BCUT2D eigenvalue weighted by Gasteiger charge is -2.03. The molecule has 4 heteroatoms. The molecule has 1 aromatic heterocycles. The molecular formula is C13H14FNO2. The molecule has 0 amide bonds. The maximum Gasteiger partial charge on any atom is 0.146 e. The van der Waals surface area contributed by atoms with Crippen molar-refractivity contribution in [1.82, 2.24) is 0 Å². The number of rotatable bonds is 4. The van der Waals surface area contributed by atoms with Gasteiger partial charge in [-0.3, -0.25) is 0 Å². The van der Waals surface area contributed by atoms with Gasteiger partial charge in [0.2, 0.25) is 0 Å². The van der Waals surface area contributed by atoms with E-state index in [9.17, 15) is 4.39 Å². The standard InChI is InChI=1S/C13H14FNO2/c1-9-5-12(17-13(9)7-15)8-16-11-4-2-3-10(14)6-11/h2-6H,7-8,15H2,1H3. The zero-order valence-corrected chi connectivity index (χ0v) is 9.57. The highest BCUT2D eigenvalue weighted by Gasteiger charge is 2.06. The molecule has 0 bridgehead atoms. The molecule has 0 saturated carbocycles. The van der Waals surface area contributed by atoms with Crippen LogP contribution < -0.4 is 10.5 Å². The first-order chi connectivity index (χ1) is 8.19. The van der Waals surface area contributed by atoms with E-state index in [1.165, 1.54) is 12.1 Å². The molecule has 2 rings (SSSR count). The average molecular weight is 235 g/mol. The smallest absolute Gasteiger partial charge is 0.146 e. The van der Waals surface area contributed by atoms with Gasteiger partial charge in [-0.15, -0.1) is 0 Å². The molecule has 1 heterocycles. The van der Waals surface area contributed by atoms with E-state index in [0.29, 0.717) is 18.1 Å². The molecule has 0 radical (unpaired) electrons. The Morgan fingerprint density at radius 3 is 2.82 bits per heavy atom. The van der Waals surface area contributed by atoms with Crippen LogP contribution in [-0.4, -0.2) is 0 Å². The zero-order chi connectivity index (χ0) is 12.3. The highest BCUT2D eigenvalue weighted by molar-refractivity contribution is 5.23. The molecule has 2 aromatic rings. The monoisotopic (exact) mass is 235 g/mol. The molecule has 0 atom stereocenters. The van der Waals surface area contributed by atoms with E-state index in [1.807, 2.05) is 13.0 Å². The average Bonchev–Trinajstić information content (AvgIpc) is 2.67. The van der Waals surface area contributed by atoms with Crippen molar-refractivity contribution in [2.45, 2.75) is 20.1 Å². The summed E-state index contributed by atoms with van der Waals surface area (Å²) in [5.74, 6) is 1.60. The summed E-state index contributed by atoms with van der Waals surface area (Å²) < 4.78 is 23.8. The number of halogens is 1. The summed E-state index contributed by atoms with van der Waals surface area (Å²) in [6.07, 6.45) is 0. The summed E-state index contributed by atoms with van der Waals surface area (Å²) in [5, 5.41) is 0. The van der Waals surface area contributed by atoms with Crippen LogP contribution in [0.15, 0.2) is 34.7 Å². The molecule has 90 valence electrons. The molecular weight excluding hydrogens is 221 g/mol. The lowest BCUT2D eigenvalue weighted by Crippen LogP contribution is -1.96. The summed E-state index contributed by atoms with van der Waals surface area (Å²) in [7, 11) is 0. The summed E-state index contributed by atoms with van der Waals surface area (Å²) in [5.41, 5.74) is 6.51. The Balaban J connectivity index is 2.02. The summed E-state index contributed by atoms with van der Waals surface area (Å²) in [6, 6.07) is 7.88. The summed E-state index contributed by atoms with van der Waals surface area (Å²) in [4.78, 5) is 0. The second-order valence-electron chi connectivity index (χ2n) is 3.77. The van der Waals surface area contributed by atoms with Crippen LogP contribution in [0.4, 0.5) is 4.39 Å². The van der Waals surface area contributed by atoms with E-state index in [0.717, 1.165) is 11.3 Å². The van der Waals surface area contributed by atoms with Crippen molar-refractivity contribution in [3.8, 4) is 5.75 Å². The third kappa shape index (κ3) is 2.85. The fourth-order valence-corrected chi connectivity index (χ4v) is 1.58. The normalized spacial score (nSPS) is 10.5. The predicted octanol–water partition coefficient (Wildman–Crippen LogP) is 2.76. The Labute approximate surface area is 99.0 Å². The molecule has 0 aliphatic carbocycles. The zero-order valence-electron chi connectivity index (χ0n) is 9.57. The van der Waals surface area contributed by atoms with Crippen molar-refractivity contribution in [2.75, 3.05) is 0 Å². The number of aryl methyl sites for hydroxylation is 1. The van der Waals surface area contributed by atoms with E-state index < -0.39 is 0 Å². The Morgan fingerprint density at radius 1 is 1.35 bits per heavy atom. The number of furan rings is 1. The van der Waals surface area contributed by atoms with Gasteiger partial charge in [-0.25, -0.2) is 4.39 Å². The van der Waals surface area contributed by atoms with Gasteiger partial charge in [0.25, 0.3) is 0 Å². The quantitative estimate of drug-likeness (QED) is 0.886. The Morgan fingerprint density at radius 2 is 2.18 bits per heavy atom. The molecule has 0 aliphatic heterocycles. The third-order valence-electron chi connectivity index (χ3n) is 2.43. The van der Waals surface area contributed by atoms with Crippen LogP contribution in [0.5, 0.6) is 5.75 Å². The van der Waals surface area contributed by atoms with Crippen molar-refractivity contribution in [3.63, 3.8) is 0 Å². The minimum Gasteiger partial charge on any atom is -0.486 e. The largest absolute Gasteiger partial charge is 0.486 e. The van der Waals surface area contributed by atoms with E-state index in [2.05, 4.69) is 0 Å². The molecule has 17 heavy (non-hydrogen) atoms. The van der Waals surface area contributed by atoms with Crippen LogP contribution in [0.2, 0.25) is 0 Å². The number of hydrogen-bond donors (Lipinski definition) is 1. The first-order valence-electron chi connectivity index (χ1n) is 5.35. The Hall–Kier alpha value is -1.81. The van der Waals surface area contributed by atoms with E-state index in [1.54, 1.807) is 12.1 Å². The predicted molar refractivity (Wildman–Crippen MR) is 62.1 cm³/mol. The lowest BCUT2D eigenvalue weighted by atomic mass is 10.2. The van der Waals surface area contributed by atoms with Crippen molar-refractivity contribution >= 4 is 0 Å². The van der Waals surface area contributed by atoms with Gasteiger partial charge in [-0.2, -0.15) is 0 Å². The van der Waals surface area contributed by atoms with Crippen molar-refractivity contribution in [1.29, 1.82) is 0 Å². The number of ether oxygens (including phenoxy) is 1. The van der Waals surface area contributed by atoms with Crippen LogP contribution in [0.3, 0.4) is 0 Å². The van der Waals surface area contributed by atoms with Crippen LogP contribution in [0.25, 0.3) is 0 Å². The SMILES string of the molecule is Cc1cc(COc2cccc(F)c2)oc1CN. The maximum atomic E-state index is 12.9. The van der Waals surface area contributed by atoms with Crippen molar-refractivity contribution in [2.24, 2.45) is 5.73 Å². The lowest BCUT2D eigenvalue weighted by molar-refractivity contribution is 0.265. The Kier molecular flexibility index (Phi) is 3.44. The first kappa shape index (κ1) is 11.7. The third-order valence-corrected chi connectivity index (χ3v) is 2.43. The minimum absolute atomic E-state index is 0.268. The molecule has 0 fully saturated rings. The number of hydrogen-bond acceptors (Lipinski definition) is 3. The van der Waals surface area contributed by atoms with Gasteiger partial charge in [-0.05, 0) is 30.7 Å². The molecule has 0 spiro atoms. The molecule has 1 aromatic carbocycles. The topological polar surface area (TPSA) is 48.4 Å². The van der Waals surface area contributed by atoms with Gasteiger partial charge >= 0.3 is 0 Å². The van der Waals surface area contributed by atoms with Gasteiger partial charge in [0, 0.05) is 6.07 Å². The molecule has 0 unspecified atom stereocenters. The summed E-state index contributed by atoms with van der Waals surface area (Å²) >= 11 is 0. The van der Waals surface area contributed by atoms with E-state index in [-0.39, 0.29) is 12.4 Å². The molecule has 0 saturated heterocycles. The number of benzene rings is 1. The van der Waals surface area contributed by atoms with Crippen molar-refractivity contribution < 1.29 is 13.5 Å². The minimum atomic E-state index is -0.319. The second kappa shape index (κ2) is 5.01.